The van der Waals surface area contributed by atoms with Crippen LogP contribution in [0.25, 0.3) is 0 Å². The summed E-state index contributed by atoms with van der Waals surface area (Å²) in [5.74, 6) is 2.47. The number of hydrogen-bond acceptors (Lipinski definition) is 3. The van der Waals surface area contributed by atoms with Gasteiger partial charge in [0.25, 0.3) is 0 Å². The van der Waals surface area contributed by atoms with E-state index in [1.807, 2.05) is 19.2 Å². The molecule has 1 fully saturated rings. The number of nitrogens with one attached hydrogen (secondary N) is 1. The molecule has 0 spiro atoms. The molecular formula is C14H22ClN3. The molecule has 2 rings (SSSR count). The molecule has 1 aliphatic heterocycles. The first-order valence-corrected chi connectivity index (χ1v) is 7.03. The Balaban J connectivity index is 2.02. The summed E-state index contributed by atoms with van der Waals surface area (Å²) in [7, 11) is 1.88. The van der Waals surface area contributed by atoms with Gasteiger partial charge in [-0.2, -0.15) is 0 Å². The van der Waals surface area contributed by atoms with Crippen molar-refractivity contribution in [2.45, 2.75) is 26.8 Å². The first kappa shape index (κ1) is 13.6. The predicted molar refractivity (Wildman–Crippen MR) is 77.0 cm³/mol. The van der Waals surface area contributed by atoms with Crippen LogP contribution in [0.2, 0.25) is 5.02 Å². The van der Waals surface area contributed by atoms with Crippen LogP contribution in [0.4, 0.5) is 5.82 Å². The number of aromatic nitrogens is 1. The van der Waals surface area contributed by atoms with Crippen molar-refractivity contribution in [3.05, 3.63) is 22.8 Å². The fraction of sp³-hybridized carbons (Fsp3) is 0.643. The van der Waals surface area contributed by atoms with Gasteiger partial charge in [0.2, 0.25) is 0 Å². The molecule has 1 aliphatic rings. The summed E-state index contributed by atoms with van der Waals surface area (Å²) in [6, 6.07) is 3.83. The van der Waals surface area contributed by atoms with Crippen LogP contribution in [-0.2, 0) is 6.54 Å². The van der Waals surface area contributed by atoms with Gasteiger partial charge in [-0.25, -0.2) is 4.98 Å². The van der Waals surface area contributed by atoms with Gasteiger partial charge in [0, 0.05) is 20.1 Å². The molecule has 0 aliphatic carbocycles. The van der Waals surface area contributed by atoms with Gasteiger partial charge < -0.3 is 5.32 Å². The lowest BCUT2D eigenvalue weighted by Gasteiger charge is -2.18. The van der Waals surface area contributed by atoms with Crippen molar-refractivity contribution < 1.29 is 0 Å². The van der Waals surface area contributed by atoms with E-state index in [2.05, 4.69) is 29.0 Å². The molecule has 18 heavy (non-hydrogen) atoms. The number of rotatable bonds is 4. The maximum absolute atomic E-state index is 6.21. The molecular weight excluding hydrogens is 246 g/mol. The van der Waals surface area contributed by atoms with E-state index >= 15 is 0 Å². The lowest BCUT2D eigenvalue weighted by atomic mass is 9.95. The van der Waals surface area contributed by atoms with Crippen LogP contribution in [-0.4, -0.2) is 30.0 Å². The fourth-order valence-electron chi connectivity index (χ4n) is 2.50. The molecule has 0 radical (unpaired) electrons. The zero-order chi connectivity index (χ0) is 13.1. The molecule has 2 heterocycles. The van der Waals surface area contributed by atoms with Crippen molar-refractivity contribution in [1.82, 2.24) is 9.88 Å². The minimum absolute atomic E-state index is 0.766. The maximum atomic E-state index is 6.21. The molecule has 4 heteroatoms. The Kier molecular flexibility index (Phi) is 4.46. The van der Waals surface area contributed by atoms with Gasteiger partial charge in [-0.3, -0.25) is 4.90 Å². The molecule has 1 unspecified atom stereocenters. The van der Waals surface area contributed by atoms with E-state index in [1.54, 1.807) is 0 Å². The topological polar surface area (TPSA) is 28.2 Å². The minimum atomic E-state index is 0.766. The second-order valence-electron chi connectivity index (χ2n) is 5.40. The third-order valence-corrected chi connectivity index (χ3v) is 4.14. The van der Waals surface area contributed by atoms with E-state index in [0.29, 0.717) is 0 Å². The van der Waals surface area contributed by atoms with Gasteiger partial charge in [-0.05, 0) is 36.9 Å². The molecule has 1 aromatic rings. The second kappa shape index (κ2) is 5.89. The Hall–Kier alpha value is -0.800. The molecule has 0 aromatic carbocycles. The Bertz CT molecular complexity index is 406. The predicted octanol–water partition coefficient (Wildman–Crippen LogP) is 3.25. The van der Waals surface area contributed by atoms with Crippen molar-refractivity contribution in [3.8, 4) is 0 Å². The van der Waals surface area contributed by atoms with Gasteiger partial charge in [-0.15, -0.1) is 0 Å². The summed E-state index contributed by atoms with van der Waals surface area (Å²) >= 11 is 6.21. The molecule has 1 aromatic heterocycles. The van der Waals surface area contributed by atoms with Gasteiger partial charge in [0.15, 0.2) is 0 Å². The van der Waals surface area contributed by atoms with Crippen LogP contribution in [0, 0.1) is 11.8 Å². The van der Waals surface area contributed by atoms with E-state index in [0.717, 1.165) is 41.5 Å². The monoisotopic (exact) mass is 267 g/mol. The van der Waals surface area contributed by atoms with Crippen LogP contribution in [0.5, 0.6) is 0 Å². The van der Waals surface area contributed by atoms with Crippen LogP contribution in [0.15, 0.2) is 12.1 Å². The highest BCUT2D eigenvalue weighted by Crippen LogP contribution is 2.26. The van der Waals surface area contributed by atoms with Crippen molar-refractivity contribution in [2.75, 3.05) is 25.5 Å². The normalized spacial score (nSPS) is 20.6. The molecule has 100 valence electrons. The molecule has 1 N–H and O–H groups in total. The third kappa shape index (κ3) is 3.15. The SMILES string of the molecule is CNc1ccc(Cl)c(CN2CCC(C(C)C)C2)n1. The molecule has 0 saturated carbocycles. The van der Waals surface area contributed by atoms with Crippen LogP contribution < -0.4 is 5.32 Å². The average molecular weight is 268 g/mol. The molecule has 0 bridgehead atoms. The largest absolute Gasteiger partial charge is 0.373 e. The number of pyridine rings is 1. The third-order valence-electron chi connectivity index (χ3n) is 3.80. The first-order valence-electron chi connectivity index (χ1n) is 6.65. The van der Waals surface area contributed by atoms with E-state index < -0.39 is 0 Å². The summed E-state index contributed by atoms with van der Waals surface area (Å²) in [5, 5.41) is 3.82. The lowest BCUT2D eigenvalue weighted by Crippen LogP contribution is -2.22. The number of nitrogens with zero attached hydrogens (tertiary/aromatic N) is 2. The number of anilines is 1. The zero-order valence-corrected chi connectivity index (χ0v) is 12.2. The smallest absolute Gasteiger partial charge is 0.126 e. The molecule has 1 saturated heterocycles. The zero-order valence-electron chi connectivity index (χ0n) is 11.4. The number of hydrogen-bond donors (Lipinski definition) is 1. The highest BCUT2D eigenvalue weighted by atomic mass is 35.5. The lowest BCUT2D eigenvalue weighted by molar-refractivity contribution is 0.294. The van der Waals surface area contributed by atoms with Crippen molar-refractivity contribution >= 4 is 17.4 Å². The van der Waals surface area contributed by atoms with Gasteiger partial charge in [-0.1, -0.05) is 25.4 Å². The van der Waals surface area contributed by atoms with Gasteiger partial charge >= 0.3 is 0 Å². The highest BCUT2D eigenvalue weighted by molar-refractivity contribution is 6.31. The van der Waals surface area contributed by atoms with Gasteiger partial charge in [0.1, 0.15) is 5.82 Å². The molecule has 3 nitrogen and oxygen atoms in total. The highest BCUT2D eigenvalue weighted by Gasteiger charge is 2.25. The van der Waals surface area contributed by atoms with Crippen molar-refractivity contribution in [2.24, 2.45) is 11.8 Å². The number of halogens is 1. The van der Waals surface area contributed by atoms with E-state index in [4.69, 9.17) is 11.6 Å². The van der Waals surface area contributed by atoms with E-state index in [-0.39, 0.29) is 0 Å². The Morgan fingerprint density at radius 1 is 1.50 bits per heavy atom. The summed E-state index contributed by atoms with van der Waals surface area (Å²) < 4.78 is 0. The maximum Gasteiger partial charge on any atom is 0.126 e. The first-order chi connectivity index (χ1) is 8.60. The van der Waals surface area contributed by atoms with E-state index in [1.165, 1.54) is 13.0 Å². The Morgan fingerprint density at radius 3 is 2.89 bits per heavy atom. The summed E-state index contributed by atoms with van der Waals surface area (Å²) in [4.78, 5) is 7.00. The Labute approximate surface area is 115 Å². The summed E-state index contributed by atoms with van der Waals surface area (Å²) in [6.07, 6.45) is 1.29. The van der Waals surface area contributed by atoms with Gasteiger partial charge in [0.05, 0.1) is 10.7 Å². The summed E-state index contributed by atoms with van der Waals surface area (Å²) in [5.41, 5.74) is 0.980. The second-order valence-corrected chi connectivity index (χ2v) is 5.81. The van der Waals surface area contributed by atoms with E-state index in [9.17, 15) is 0 Å². The van der Waals surface area contributed by atoms with Crippen LogP contribution in [0.1, 0.15) is 26.0 Å². The summed E-state index contributed by atoms with van der Waals surface area (Å²) in [6.45, 7) is 7.80. The molecule has 0 amide bonds. The minimum Gasteiger partial charge on any atom is -0.373 e. The van der Waals surface area contributed by atoms with Crippen molar-refractivity contribution in [3.63, 3.8) is 0 Å². The standard InChI is InChI=1S/C14H22ClN3/c1-10(2)11-6-7-18(8-11)9-13-12(15)4-5-14(16-3)17-13/h4-5,10-11H,6-9H2,1-3H3,(H,16,17). The number of likely N-dealkylation sites (tertiary alicyclic amines) is 1. The quantitative estimate of drug-likeness (QED) is 0.908. The van der Waals surface area contributed by atoms with Crippen LogP contribution in [0.3, 0.4) is 0 Å². The fourth-order valence-corrected chi connectivity index (χ4v) is 2.66. The average Bonchev–Trinajstić information content (AvgIpc) is 2.81. The van der Waals surface area contributed by atoms with Crippen molar-refractivity contribution in [1.29, 1.82) is 0 Å². The molecule has 1 atom stereocenters. The van der Waals surface area contributed by atoms with Crippen LogP contribution >= 0.6 is 11.6 Å². The Morgan fingerprint density at radius 2 is 2.28 bits per heavy atom.